The molecule has 1 aromatic rings. The van der Waals surface area contributed by atoms with Crippen molar-refractivity contribution in [2.75, 3.05) is 6.54 Å². The molecule has 0 aliphatic heterocycles. The van der Waals surface area contributed by atoms with Gasteiger partial charge in [0.25, 0.3) is 5.91 Å². The fourth-order valence-corrected chi connectivity index (χ4v) is 2.39. The zero-order valence-electron chi connectivity index (χ0n) is 15.1. The van der Waals surface area contributed by atoms with Crippen molar-refractivity contribution in [2.45, 2.75) is 72.1 Å². The summed E-state index contributed by atoms with van der Waals surface area (Å²) in [5.41, 5.74) is 1.83. The van der Waals surface area contributed by atoms with Gasteiger partial charge in [-0.15, -0.1) is 0 Å². The number of carbonyl (C=O) groups is 1. The maximum atomic E-state index is 12.4. The molecule has 22 heavy (non-hydrogen) atoms. The van der Waals surface area contributed by atoms with E-state index in [9.17, 15) is 9.90 Å². The number of benzene rings is 1. The lowest BCUT2D eigenvalue weighted by Crippen LogP contribution is -2.26. The number of nitrogens with one attached hydrogen (secondary N) is 1. The summed E-state index contributed by atoms with van der Waals surface area (Å²) in [4.78, 5) is 12.4. The monoisotopic (exact) mass is 305 g/mol. The highest BCUT2D eigenvalue weighted by atomic mass is 16.3. The summed E-state index contributed by atoms with van der Waals surface area (Å²) in [6.45, 7) is 15.1. The average molecular weight is 305 g/mol. The van der Waals surface area contributed by atoms with Crippen molar-refractivity contribution in [1.82, 2.24) is 5.32 Å². The fourth-order valence-electron chi connectivity index (χ4n) is 2.39. The van der Waals surface area contributed by atoms with E-state index in [0.717, 1.165) is 24.0 Å². The van der Waals surface area contributed by atoms with Gasteiger partial charge in [0.05, 0.1) is 0 Å². The SMILES string of the molecule is CCCCNC(=O)c1cc(C(C)(C)C)c(O)c(C(C)(C)C)c1. The molecule has 0 radical (unpaired) electrons. The Morgan fingerprint density at radius 2 is 1.50 bits per heavy atom. The van der Waals surface area contributed by atoms with Gasteiger partial charge in [0.1, 0.15) is 5.75 Å². The summed E-state index contributed by atoms with van der Waals surface area (Å²) in [7, 11) is 0. The molecule has 3 nitrogen and oxygen atoms in total. The average Bonchev–Trinajstić information content (AvgIpc) is 2.36. The van der Waals surface area contributed by atoms with Crippen LogP contribution in [0.1, 0.15) is 82.8 Å². The smallest absolute Gasteiger partial charge is 0.251 e. The highest BCUT2D eigenvalue weighted by molar-refractivity contribution is 5.95. The van der Waals surface area contributed by atoms with Gasteiger partial charge in [0.15, 0.2) is 0 Å². The van der Waals surface area contributed by atoms with Gasteiger partial charge in [-0.05, 0) is 29.4 Å². The van der Waals surface area contributed by atoms with E-state index in [4.69, 9.17) is 0 Å². The van der Waals surface area contributed by atoms with Crippen LogP contribution < -0.4 is 5.32 Å². The molecule has 1 rings (SSSR count). The molecular weight excluding hydrogens is 274 g/mol. The van der Waals surface area contributed by atoms with Crippen LogP contribution in [0.15, 0.2) is 12.1 Å². The van der Waals surface area contributed by atoms with Crippen molar-refractivity contribution >= 4 is 5.91 Å². The molecule has 0 heterocycles. The highest BCUT2D eigenvalue weighted by Gasteiger charge is 2.27. The standard InChI is InChI=1S/C19H31NO2/c1-8-9-10-20-17(22)13-11-14(18(2,3)4)16(21)15(12-13)19(5,6)7/h11-12,21H,8-10H2,1-7H3,(H,20,22). The molecule has 0 unspecified atom stereocenters. The van der Waals surface area contributed by atoms with E-state index < -0.39 is 0 Å². The molecule has 3 heteroatoms. The van der Waals surface area contributed by atoms with Gasteiger partial charge in [-0.2, -0.15) is 0 Å². The van der Waals surface area contributed by atoms with Crippen LogP contribution in [0.4, 0.5) is 0 Å². The van der Waals surface area contributed by atoms with Crippen LogP contribution in [0.5, 0.6) is 5.75 Å². The minimum absolute atomic E-state index is 0.0653. The number of rotatable bonds is 4. The number of unbranched alkanes of at least 4 members (excludes halogenated alkanes) is 1. The summed E-state index contributed by atoms with van der Waals surface area (Å²) < 4.78 is 0. The number of amides is 1. The number of phenols is 1. The van der Waals surface area contributed by atoms with Gasteiger partial charge < -0.3 is 10.4 Å². The molecular formula is C19H31NO2. The Bertz CT molecular complexity index is 498. The summed E-state index contributed by atoms with van der Waals surface area (Å²) in [6.07, 6.45) is 2.03. The van der Waals surface area contributed by atoms with Crippen LogP contribution in [0, 0.1) is 0 Å². The lowest BCUT2D eigenvalue weighted by molar-refractivity contribution is 0.0953. The molecule has 0 saturated heterocycles. The molecule has 1 amide bonds. The minimum Gasteiger partial charge on any atom is -0.507 e. The Morgan fingerprint density at radius 3 is 1.86 bits per heavy atom. The molecule has 0 atom stereocenters. The van der Waals surface area contributed by atoms with Crippen molar-refractivity contribution < 1.29 is 9.90 Å². The second-order valence-corrected chi connectivity index (χ2v) is 8.03. The highest BCUT2D eigenvalue weighted by Crippen LogP contribution is 2.39. The van der Waals surface area contributed by atoms with Gasteiger partial charge in [-0.1, -0.05) is 54.9 Å². The van der Waals surface area contributed by atoms with E-state index in [1.54, 1.807) is 0 Å². The van der Waals surface area contributed by atoms with Crippen molar-refractivity contribution in [3.05, 3.63) is 28.8 Å². The van der Waals surface area contributed by atoms with Crippen molar-refractivity contribution in [3.63, 3.8) is 0 Å². The predicted octanol–water partition coefficient (Wildman–Crippen LogP) is 4.52. The van der Waals surface area contributed by atoms with E-state index in [1.165, 1.54) is 0 Å². The van der Waals surface area contributed by atoms with E-state index in [2.05, 4.69) is 12.2 Å². The maximum Gasteiger partial charge on any atom is 0.251 e. The van der Waals surface area contributed by atoms with E-state index in [1.807, 2.05) is 53.7 Å². The van der Waals surface area contributed by atoms with Crippen LogP contribution in [0.25, 0.3) is 0 Å². The van der Waals surface area contributed by atoms with Crippen molar-refractivity contribution in [2.24, 2.45) is 0 Å². The van der Waals surface area contributed by atoms with E-state index in [-0.39, 0.29) is 16.7 Å². The molecule has 0 saturated carbocycles. The number of phenolic OH excluding ortho intramolecular Hbond substituents is 1. The van der Waals surface area contributed by atoms with Gasteiger partial charge >= 0.3 is 0 Å². The molecule has 0 aliphatic rings. The van der Waals surface area contributed by atoms with Crippen LogP contribution >= 0.6 is 0 Å². The van der Waals surface area contributed by atoms with Crippen molar-refractivity contribution in [1.29, 1.82) is 0 Å². The lowest BCUT2D eigenvalue weighted by Gasteiger charge is -2.28. The maximum absolute atomic E-state index is 12.4. The van der Waals surface area contributed by atoms with E-state index in [0.29, 0.717) is 17.9 Å². The Morgan fingerprint density at radius 1 is 1.05 bits per heavy atom. The largest absolute Gasteiger partial charge is 0.507 e. The Hall–Kier alpha value is -1.51. The second-order valence-electron chi connectivity index (χ2n) is 8.03. The zero-order valence-corrected chi connectivity index (χ0v) is 15.1. The normalized spacial score (nSPS) is 12.3. The van der Waals surface area contributed by atoms with Gasteiger partial charge in [-0.25, -0.2) is 0 Å². The van der Waals surface area contributed by atoms with Crippen LogP contribution in [-0.4, -0.2) is 17.6 Å². The molecule has 124 valence electrons. The first-order valence-electron chi connectivity index (χ1n) is 8.14. The minimum atomic E-state index is -0.218. The first-order valence-corrected chi connectivity index (χ1v) is 8.14. The van der Waals surface area contributed by atoms with Crippen LogP contribution in [-0.2, 0) is 10.8 Å². The first kappa shape index (κ1) is 18.5. The first-order chi connectivity index (χ1) is 9.98. The van der Waals surface area contributed by atoms with Crippen LogP contribution in [0.3, 0.4) is 0 Å². The molecule has 0 fully saturated rings. The van der Waals surface area contributed by atoms with Gasteiger partial charge in [0.2, 0.25) is 0 Å². The molecule has 2 N–H and O–H groups in total. The summed E-state index contributed by atoms with van der Waals surface area (Å²) in [6, 6.07) is 3.65. The molecule has 0 aliphatic carbocycles. The fraction of sp³-hybridized carbons (Fsp3) is 0.632. The van der Waals surface area contributed by atoms with E-state index >= 15 is 0 Å². The number of aromatic hydroxyl groups is 1. The molecule has 1 aromatic carbocycles. The number of hydrogen-bond donors (Lipinski definition) is 2. The molecule has 0 bridgehead atoms. The topological polar surface area (TPSA) is 49.3 Å². The summed E-state index contributed by atoms with van der Waals surface area (Å²) >= 11 is 0. The summed E-state index contributed by atoms with van der Waals surface area (Å²) in [5, 5.41) is 13.6. The quantitative estimate of drug-likeness (QED) is 0.804. The second kappa shape index (κ2) is 6.72. The predicted molar refractivity (Wildman–Crippen MR) is 92.7 cm³/mol. The van der Waals surface area contributed by atoms with Crippen molar-refractivity contribution in [3.8, 4) is 5.75 Å². The summed E-state index contributed by atoms with van der Waals surface area (Å²) in [5.74, 6) is 0.245. The Labute approximate surface area is 135 Å². The van der Waals surface area contributed by atoms with Crippen LogP contribution in [0.2, 0.25) is 0 Å². The third-order valence-corrected chi connectivity index (χ3v) is 3.80. The lowest BCUT2D eigenvalue weighted by atomic mass is 9.78. The van der Waals surface area contributed by atoms with Gasteiger partial charge in [-0.3, -0.25) is 4.79 Å². The Kier molecular flexibility index (Phi) is 5.66. The number of carbonyl (C=O) groups excluding carboxylic acids is 1. The molecule has 0 aromatic heterocycles. The zero-order chi connectivity index (χ0) is 17.1. The van der Waals surface area contributed by atoms with Gasteiger partial charge in [0, 0.05) is 23.2 Å². The number of hydrogen-bond acceptors (Lipinski definition) is 2. The third kappa shape index (κ3) is 4.49. The molecule has 0 spiro atoms. The third-order valence-electron chi connectivity index (χ3n) is 3.80. The Balaban J connectivity index is 3.32.